The molecule has 1 fully saturated rings. The van der Waals surface area contributed by atoms with E-state index in [1.54, 1.807) is 36.4 Å². The molecule has 0 saturated heterocycles. The first-order chi connectivity index (χ1) is 13.0. The predicted octanol–water partition coefficient (Wildman–Crippen LogP) is 5.33. The summed E-state index contributed by atoms with van der Waals surface area (Å²) >= 11 is 5.90. The van der Waals surface area contributed by atoms with Gasteiger partial charge in [0.1, 0.15) is 24.6 Å². The van der Waals surface area contributed by atoms with Crippen molar-refractivity contribution in [2.75, 3.05) is 6.61 Å². The fourth-order valence-corrected chi connectivity index (χ4v) is 3.95. The summed E-state index contributed by atoms with van der Waals surface area (Å²) in [6.45, 7) is 2.25. The minimum absolute atomic E-state index is 0.0704. The standard InChI is InChI=1S/C22H32ClFO3/c1-2-3-4-5-6-10-20-19(21(24)14-22(20)26)12-11-17(25)15-27-18-9-7-8-16(23)13-18/h7-9,11-13,17,19-22,25-26H,2-6,10,14-15H2,1H3/b12-11+. The molecule has 0 heterocycles. The van der Waals surface area contributed by atoms with E-state index in [2.05, 4.69) is 6.92 Å². The molecule has 5 heteroatoms. The van der Waals surface area contributed by atoms with Crippen LogP contribution in [-0.2, 0) is 0 Å². The van der Waals surface area contributed by atoms with E-state index < -0.39 is 18.4 Å². The molecule has 152 valence electrons. The molecule has 1 aliphatic carbocycles. The van der Waals surface area contributed by atoms with Crippen molar-refractivity contribution in [3.63, 3.8) is 0 Å². The second-order valence-electron chi connectivity index (χ2n) is 7.48. The highest BCUT2D eigenvalue weighted by atomic mass is 35.5. The molecule has 0 aromatic heterocycles. The molecule has 0 aliphatic heterocycles. The summed E-state index contributed by atoms with van der Waals surface area (Å²) in [5.41, 5.74) is 0. The van der Waals surface area contributed by atoms with Crippen LogP contribution in [0.15, 0.2) is 36.4 Å². The molecule has 2 rings (SSSR count). The third-order valence-corrected chi connectivity index (χ3v) is 5.52. The van der Waals surface area contributed by atoms with Gasteiger partial charge in [0.05, 0.1) is 6.10 Å². The van der Waals surface area contributed by atoms with Gasteiger partial charge in [0.15, 0.2) is 0 Å². The van der Waals surface area contributed by atoms with Crippen LogP contribution in [0.1, 0.15) is 51.9 Å². The van der Waals surface area contributed by atoms with Crippen molar-refractivity contribution < 1.29 is 19.3 Å². The van der Waals surface area contributed by atoms with Crippen LogP contribution < -0.4 is 4.74 Å². The molecule has 1 aromatic rings. The van der Waals surface area contributed by atoms with Crippen LogP contribution in [0.4, 0.5) is 4.39 Å². The highest BCUT2D eigenvalue weighted by Gasteiger charge is 2.40. The van der Waals surface area contributed by atoms with E-state index >= 15 is 0 Å². The van der Waals surface area contributed by atoms with Gasteiger partial charge in [-0.2, -0.15) is 0 Å². The van der Waals surface area contributed by atoms with Crippen molar-refractivity contribution in [1.82, 2.24) is 0 Å². The molecular weight excluding hydrogens is 367 g/mol. The van der Waals surface area contributed by atoms with E-state index in [0.29, 0.717) is 10.8 Å². The average Bonchev–Trinajstić information content (AvgIpc) is 2.91. The topological polar surface area (TPSA) is 49.7 Å². The van der Waals surface area contributed by atoms with Crippen molar-refractivity contribution in [2.24, 2.45) is 11.8 Å². The van der Waals surface area contributed by atoms with Gasteiger partial charge in [-0.15, -0.1) is 0 Å². The van der Waals surface area contributed by atoms with E-state index in [9.17, 15) is 14.6 Å². The lowest BCUT2D eigenvalue weighted by atomic mass is 9.88. The van der Waals surface area contributed by atoms with E-state index in [-0.39, 0.29) is 24.9 Å². The molecule has 0 spiro atoms. The lowest BCUT2D eigenvalue weighted by Crippen LogP contribution is -2.21. The zero-order chi connectivity index (χ0) is 19.6. The van der Waals surface area contributed by atoms with Crippen molar-refractivity contribution in [3.8, 4) is 5.75 Å². The highest BCUT2D eigenvalue weighted by Crippen LogP contribution is 2.39. The van der Waals surface area contributed by atoms with Crippen molar-refractivity contribution in [2.45, 2.75) is 70.2 Å². The van der Waals surface area contributed by atoms with Crippen LogP contribution in [-0.4, -0.2) is 35.2 Å². The highest BCUT2D eigenvalue weighted by molar-refractivity contribution is 6.30. The number of aliphatic hydroxyl groups excluding tert-OH is 2. The second kappa shape index (κ2) is 11.7. The molecule has 1 saturated carbocycles. The number of rotatable bonds is 11. The Bertz CT molecular complexity index is 580. The molecule has 0 radical (unpaired) electrons. The molecule has 5 unspecified atom stereocenters. The van der Waals surface area contributed by atoms with E-state index in [4.69, 9.17) is 16.3 Å². The number of hydrogen-bond donors (Lipinski definition) is 2. The zero-order valence-electron chi connectivity index (χ0n) is 16.1. The third kappa shape index (κ3) is 7.44. The number of alkyl halides is 1. The monoisotopic (exact) mass is 398 g/mol. The number of halogens is 2. The molecule has 27 heavy (non-hydrogen) atoms. The molecular formula is C22H32ClFO3. The third-order valence-electron chi connectivity index (χ3n) is 5.29. The minimum Gasteiger partial charge on any atom is -0.491 e. The van der Waals surface area contributed by atoms with Crippen LogP contribution in [0, 0.1) is 11.8 Å². The first kappa shape index (κ1) is 22.2. The van der Waals surface area contributed by atoms with Gasteiger partial charge in [0.2, 0.25) is 0 Å². The number of ether oxygens (including phenoxy) is 1. The summed E-state index contributed by atoms with van der Waals surface area (Å²) in [5, 5.41) is 20.9. The largest absolute Gasteiger partial charge is 0.491 e. The van der Waals surface area contributed by atoms with Gasteiger partial charge in [-0.05, 0) is 30.5 Å². The Morgan fingerprint density at radius 1 is 1.30 bits per heavy atom. The molecule has 1 aliphatic rings. The maximum atomic E-state index is 14.3. The Hall–Kier alpha value is -1.10. The summed E-state index contributed by atoms with van der Waals surface area (Å²) in [4.78, 5) is 0. The van der Waals surface area contributed by atoms with Crippen LogP contribution in [0.3, 0.4) is 0 Å². The van der Waals surface area contributed by atoms with Crippen LogP contribution in [0.2, 0.25) is 5.02 Å². The maximum Gasteiger partial charge on any atom is 0.120 e. The Morgan fingerprint density at radius 2 is 2.07 bits per heavy atom. The Kier molecular flexibility index (Phi) is 9.60. The lowest BCUT2D eigenvalue weighted by molar-refractivity contribution is 0.116. The zero-order valence-corrected chi connectivity index (χ0v) is 16.8. The van der Waals surface area contributed by atoms with Gasteiger partial charge in [0, 0.05) is 17.4 Å². The van der Waals surface area contributed by atoms with Crippen molar-refractivity contribution in [3.05, 3.63) is 41.4 Å². The second-order valence-corrected chi connectivity index (χ2v) is 7.92. The minimum atomic E-state index is -1.06. The molecule has 1 aromatic carbocycles. The predicted molar refractivity (Wildman–Crippen MR) is 108 cm³/mol. The van der Waals surface area contributed by atoms with Gasteiger partial charge >= 0.3 is 0 Å². The molecule has 2 N–H and O–H groups in total. The summed E-state index contributed by atoms with van der Waals surface area (Å²) in [6, 6.07) is 6.97. The quantitative estimate of drug-likeness (QED) is 0.391. The molecule has 0 bridgehead atoms. The van der Waals surface area contributed by atoms with Crippen LogP contribution >= 0.6 is 11.6 Å². The average molecular weight is 399 g/mol. The van der Waals surface area contributed by atoms with Gasteiger partial charge in [0.25, 0.3) is 0 Å². The summed E-state index contributed by atoms with van der Waals surface area (Å²) in [6.07, 6.45) is 7.59. The number of hydrogen-bond acceptors (Lipinski definition) is 3. The Morgan fingerprint density at radius 3 is 2.81 bits per heavy atom. The van der Waals surface area contributed by atoms with Crippen LogP contribution in [0.25, 0.3) is 0 Å². The molecule has 3 nitrogen and oxygen atoms in total. The number of benzene rings is 1. The van der Waals surface area contributed by atoms with Crippen molar-refractivity contribution in [1.29, 1.82) is 0 Å². The van der Waals surface area contributed by atoms with E-state index in [1.165, 1.54) is 19.3 Å². The van der Waals surface area contributed by atoms with E-state index in [1.807, 2.05) is 0 Å². The Balaban J connectivity index is 1.82. The summed E-state index contributed by atoms with van der Waals surface area (Å²) < 4.78 is 19.8. The van der Waals surface area contributed by atoms with Gasteiger partial charge in [-0.3, -0.25) is 0 Å². The SMILES string of the molecule is CCCCCCCC1C(O)CC(F)C1/C=C/C(O)COc1cccc(Cl)c1. The molecule has 0 amide bonds. The number of aliphatic hydroxyl groups is 2. The lowest BCUT2D eigenvalue weighted by Gasteiger charge is -2.20. The Labute approximate surface area is 167 Å². The number of allylic oxidation sites excluding steroid dienone is 1. The fourth-order valence-electron chi connectivity index (χ4n) is 3.77. The van der Waals surface area contributed by atoms with Gasteiger partial charge in [-0.25, -0.2) is 4.39 Å². The smallest absolute Gasteiger partial charge is 0.120 e. The van der Waals surface area contributed by atoms with E-state index in [0.717, 1.165) is 19.3 Å². The normalized spacial score (nSPS) is 26.6. The van der Waals surface area contributed by atoms with Gasteiger partial charge in [-0.1, -0.05) is 68.8 Å². The fraction of sp³-hybridized carbons (Fsp3) is 0.636. The van der Waals surface area contributed by atoms with Crippen LogP contribution in [0.5, 0.6) is 5.75 Å². The van der Waals surface area contributed by atoms with Gasteiger partial charge < -0.3 is 14.9 Å². The summed E-state index contributed by atoms with van der Waals surface area (Å²) in [5.74, 6) is 0.172. The maximum absolute atomic E-state index is 14.3. The van der Waals surface area contributed by atoms with Crippen molar-refractivity contribution >= 4 is 11.6 Å². The number of unbranched alkanes of at least 4 members (excludes halogenated alkanes) is 4. The molecule has 5 atom stereocenters. The first-order valence-electron chi connectivity index (χ1n) is 10.1. The summed E-state index contributed by atoms with van der Waals surface area (Å²) in [7, 11) is 0. The first-order valence-corrected chi connectivity index (χ1v) is 10.5.